The van der Waals surface area contributed by atoms with Crippen LogP contribution >= 0.6 is 0 Å². The molecule has 6 heteroatoms. The molecule has 134 valence electrons. The van der Waals surface area contributed by atoms with Gasteiger partial charge in [0.25, 0.3) is 0 Å². The third kappa shape index (κ3) is 4.07. The number of amides is 1. The summed E-state index contributed by atoms with van der Waals surface area (Å²) in [4.78, 5) is 13.8. The number of rotatable bonds is 5. The van der Waals surface area contributed by atoms with Crippen LogP contribution in [0, 0.1) is 0 Å². The van der Waals surface area contributed by atoms with Gasteiger partial charge < -0.3 is 10.2 Å². The van der Waals surface area contributed by atoms with Gasteiger partial charge in [0, 0.05) is 31.2 Å². The van der Waals surface area contributed by atoms with Gasteiger partial charge in [0.1, 0.15) is 0 Å². The summed E-state index contributed by atoms with van der Waals surface area (Å²) in [6.07, 6.45) is 3.58. The Labute approximate surface area is 149 Å². The molecule has 0 radical (unpaired) electrons. The van der Waals surface area contributed by atoms with Gasteiger partial charge >= 0.3 is 0 Å². The van der Waals surface area contributed by atoms with Crippen LogP contribution in [0.2, 0.25) is 0 Å². The highest BCUT2D eigenvalue weighted by atomic mass is 16.2. The number of benzene rings is 1. The third-order valence-corrected chi connectivity index (χ3v) is 4.57. The molecule has 25 heavy (non-hydrogen) atoms. The lowest BCUT2D eigenvalue weighted by Gasteiger charge is -2.19. The van der Waals surface area contributed by atoms with E-state index in [1.165, 1.54) is 5.56 Å². The van der Waals surface area contributed by atoms with Gasteiger partial charge in [-0.2, -0.15) is 0 Å². The van der Waals surface area contributed by atoms with Gasteiger partial charge in [-0.05, 0) is 51.8 Å². The van der Waals surface area contributed by atoms with Gasteiger partial charge in [0.05, 0.1) is 17.4 Å². The Hall–Kier alpha value is -2.21. The van der Waals surface area contributed by atoms with Gasteiger partial charge in [-0.1, -0.05) is 17.3 Å². The molecule has 1 unspecified atom stereocenters. The Morgan fingerprint density at radius 3 is 2.76 bits per heavy atom. The summed E-state index contributed by atoms with van der Waals surface area (Å²) in [5.41, 5.74) is 3.02. The number of hydrogen-bond donors (Lipinski definition) is 1. The van der Waals surface area contributed by atoms with Crippen molar-refractivity contribution in [2.45, 2.75) is 58.7 Å². The Balaban J connectivity index is 1.64. The highest BCUT2D eigenvalue weighted by Crippen LogP contribution is 2.25. The summed E-state index contributed by atoms with van der Waals surface area (Å²) in [7, 11) is 0. The van der Waals surface area contributed by atoms with Gasteiger partial charge in [0.15, 0.2) is 0 Å². The van der Waals surface area contributed by atoms with Crippen molar-refractivity contribution in [1.29, 1.82) is 0 Å². The number of hydrogen-bond acceptors (Lipinski definition) is 4. The molecular formula is C19H27N5O. The van der Waals surface area contributed by atoms with Crippen LogP contribution in [0.1, 0.15) is 57.8 Å². The monoisotopic (exact) mass is 341 g/mol. The molecule has 3 rings (SSSR count). The molecule has 0 spiro atoms. The topological polar surface area (TPSA) is 63.1 Å². The second-order valence-electron chi connectivity index (χ2n) is 7.67. The zero-order valence-corrected chi connectivity index (χ0v) is 15.5. The largest absolute Gasteiger partial charge is 0.312 e. The predicted molar refractivity (Wildman–Crippen MR) is 98.3 cm³/mol. The number of anilines is 1. The first-order valence-electron chi connectivity index (χ1n) is 8.90. The van der Waals surface area contributed by atoms with Gasteiger partial charge in [-0.15, -0.1) is 5.10 Å². The Kier molecular flexibility index (Phi) is 4.90. The summed E-state index contributed by atoms with van der Waals surface area (Å²) in [5.74, 6) is 0.219. The highest BCUT2D eigenvalue weighted by molar-refractivity contribution is 5.95. The van der Waals surface area contributed by atoms with Crippen molar-refractivity contribution in [3.05, 3.63) is 41.7 Å². The molecule has 1 amide bonds. The molecule has 0 aliphatic carbocycles. The Morgan fingerprint density at radius 2 is 2.12 bits per heavy atom. The molecule has 1 saturated heterocycles. The maximum Gasteiger partial charge on any atom is 0.227 e. The first-order valence-corrected chi connectivity index (χ1v) is 8.90. The van der Waals surface area contributed by atoms with Crippen molar-refractivity contribution in [3.8, 4) is 0 Å². The summed E-state index contributed by atoms with van der Waals surface area (Å²) < 4.78 is 1.88. The van der Waals surface area contributed by atoms with E-state index >= 15 is 0 Å². The van der Waals surface area contributed by atoms with E-state index in [0.29, 0.717) is 13.0 Å². The van der Waals surface area contributed by atoms with E-state index < -0.39 is 0 Å². The molecule has 1 aromatic carbocycles. The van der Waals surface area contributed by atoms with Crippen LogP contribution in [0.15, 0.2) is 30.5 Å². The van der Waals surface area contributed by atoms with E-state index in [1.54, 1.807) is 0 Å². The van der Waals surface area contributed by atoms with E-state index in [0.717, 1.165) is 24.3 Å². The minimum absolute atomic E-state index is 0.0620. The lowest BCUT2D eigenvalue weighted by atomic mass is 10.1. The molecule has 1 N–H and O–H groups in total. The fourth-order valence-electron chi connectivity index (χ4n) is 2.97. The smallest absolute Gasteiger partial charge is 0.227 e. The average Bonchev–Trinajstić information content (AvgIpc) is 3.21. The van der Waals surface area contributed by atoms with Crippen LogP contribution in [0.5, 0.6) is 0 Å². The quantitative estimate of drug-likeness (QED) is 0.908. The predicted octanol–water partition coefficient (Wildman–Crippen LogP) is 3.01. The number of nitrogens with zero attached hydrogens (tertiary/aromatic N) is 4. The minimum Gasteiger partial charge on any atom is -0.312 e. The van der Waals surface area contributed by atoms with Crippen molar-refractivity contribution in [1.82, 2.24) is 20.3 Å². The Bertz CT molecular complexity index is 746. The number of nitrogens with one attached hydrogen (secondary N) is 1. The maximum absolute atomic E-state index is 11.9. The SMILES string of the molecule is CC(NCc1cn(C(C)(C)C)nn1)c1cccc(N2CCCC2=O)c1. The summed E-state index contributed by atoms with van der Waals surface area (Å²) in [6, 6.07) is 8.39. The van der Waals surface area contributed by atoms with Crippen LogP contribution in [0.4, 0.5) is 5.69 Å². The van der Waals surface area contributed by atoms with Crippen molar-refractivity contribution in [2.75, 3.05) is 11.4 Å². The molecule has 1 aromatic heterocycles. The molecule has 1 aliphatic rings. The number of carbonyl (C=O) groups is 1. The highest BCUT2D eigenvalue weighted by Gasteiger charge is 2.22. The lowest BCUT2D eigenvalue weighted by Crippen LogP contribution is -2.24. The second kappa shape index (κ2) is 6.96. The number of carbonyl (C=O) groups excluding carboxylic acids is 1. The number of aromatic nitrogens is 3. The van der Waals surface area contributed by atoms with E-state index in [1.807, 2.05) is 27.9 Å². The molecule has 2 heterocycles. The molecule has 2 aromatic rings. The van der Waals surface area contributed by atoms with Gasteiger partial charge in [-0.3, -0.25) is 4.79 Å². The summed E-state index contributed by atoms with van der Waals surface area (Å²) in [6.45, 7) is 9.91. The van der Waals surface area contributed by atoms with E-state index in [4.69, 9.17) is 0 Å². The van der Waals surface area contributed by atoms with Crippen LogP contribution < -0.4 is 10.2 Å². The third-order valence-electron chi connectivity index (χ3n) is 4.57. The Morgan fingerprint density at radius 1 is 1.32 bits per heavy atom. The first kappa shape index (κ1) is 17.6. The molecule has 6 nitrogen and oxygen atoms in total. The molecule has 1 aliphatic heterocycles. The van der Waals surface area contributed by atoms with Crippen LogP contribution in [0.3, 0.4) is 0 Å². The second-order valence-corrected chi connectivity index (χ2v) is 7.67. The molecule has 1 atom stereocenters. The molecule has 0 saturated carbocycles. The lowest BCUT2D eigenvalue weighted by molar-refractivity contribution is -0.117. The maximum atomic E-state index is 11.9. The van der Waals surface area contributed by atoms with Gasteiger partial charge in [0.2, 0.25) is 5.91 Å². The van der Waals surface area contributed by atoms with Crippen molar-refractivity contribution in [3.63, 3.8) is 0 Å². The van der Waals surface area contributed by atoms with E-state index in [-0.39, 0.29) is 17.5 Å². The van der Waals surface area contributed by atoms with Crippen molar-refractivity contribution < 1.29 is 4.79 Å². The van der Waals surface area contributed by atoms with E-state index in [2.05, 4.69) is 55.5 Å². The normalized spacial score (nSPS) is 16.5. The fourth-order valence-corrected chi connectivity index (χ4v) is 2.97. The molecule has 1 fully saturated rings. The van der Waals surface area contributed by atoms with Crippen molar-refractivity contribution in [2.24, 2.45) is 0 Å². The minimum atomic E-state index is -0.0620. The van der Waals surface area contributed by atoms with Crippen LogP contribution in [0.25, 0.3) is 0 Å². The van der Waals surface area contributed by atoms with Crippen LogP contribution in [-0.2, 0) is 16.9 Å². The van der Waals surface area contributed by atoms with Gasteiger partial charge in [-0.25, -0.2) is 4.68 Å². The fraction of sp³-hybridized carbons (Fsp3) is 0.526. The first-order chi connectivity index (χ1) is 11.8. The summed E-state index contributed by atoms with van der Waals surface area (Å²) >= 11 is 0. The zero-order chi connectivity index (χ0) is 18.0. The molecule has 0 bridgehead atoms. The standard InChI is InChI=1S/C19H27N5O/c1-14(20-12-16-13-24(22-21-16)19(2,3)4)15-7-5-8-17(11-15)23-10-6-9-18(23)25/h5,7-8,11,13-14,20H,6,9-10,12H2,1-4H3. The van der Waals surface area contributed by atoms with E-state index in [9.17, 15) is 4.79 Å². The van der Waals surface area contributed by atoms with Crippen LogP contribution in [-0.4, -0.2) is 27.4 Å². The zero-order valence-electron chi connectivity index (χ0n) is 15.5. The average molecular weight is 341 g/mol. The summed E-state index contributed by atoms with van der Waals surface area (Å²) in [5, 5.41) is 11.9. The molecular weight excluding hydrogens is 314 g/mol. The van der Waals surface area contributed by atoms with Crippen molar-refractivity contribution >= 4 is 11.6 Å².